The quantitative estimate of drug-likeness (QED) is 0.351. The van der Waals surface area contributed by atoms with Gasteiger partial charge in [0.1, 0.15) is 12.6 Å². The van der Waals surface area contributed by atoms with Gasteiger partial charge in [0, 0.05) is 36.6 Å². The second-order valence-electron chi connectivity index (χ2n) is 9.43. The summed E-state index contributed by atoms with van der Waals surface area (Å²) in [5, 5.41) is 4.77. The Hall–Kier alpha value is -2.81. The van der Waals surface area contributed by atoms with Crippen molar-refractivity contribution in [2.24, 2.45) is 5.92 Å². The first kappa shape index (κ1) is 31.7. The summed E-state index contributed by atoms with van der Waals surface area (Å²) in [4.78, 5) is 40.4. The van der Waals surface area contributed by atoms with E-state index in [0.29, 0.717) is 4.34 Å². The van der Waals surface area contributed by atoms with E-state index in [-0.39, 0.29) is 48.5 Å². The van der Waals surface area contributed by atoms with Crippen LogP contribution in [0.3, 0.4) is 0 Å². The number of amides is 3. The van der Waals surface area contributed by atoms with Crippen LogP contribution >= 0.6 is 22.9 Å². The zero-order valence-corrected chi connectivity index (χ0v) is 23.1. The highest BCUT2D eigenvalue weighted by Gasteiger charge is 2.37. The highest BCUT2D eigenvalue weighted by Crippen LogP contribution is 2.32. The molecule has 2 heterocycles. The number of nitrogens with zero attached hydrogens (tertiary/aromatic N) is 2. The van der Waals surface area contributed by atoms with Crippen LogP contribution in [0.4, 0.5) is 33.3 Å². The van der Waals surface area contributed by atoms with E-state index in [1.54, 1.807) is 13.8 Å². The topological polar surface area (TPSA) is 91.0 Å². The molecule has 0 bridgehead atoms. The number of hydrogen-bond acceptors (Lipinski definition) is 6. The van der Waals surface area contributed by atoms with E-state index in [0.717, 1.165) is 28.4 Å². The molecule has 0 radical (unpaired) electrons. The SMILES string of the molecule is CC(C)CN(CC(F)(F)F)[C@@H](CNC(=O)c1ccc(Cl)s1)C(=O)Nc1ccc(N2CCOCC2=O)cc1C(F)F. The minimum atomic E-state index is -4.68. The van der Waals surface area contributed by atoms with Crippen LogP contribution in [0.2, 0.25) is 4.34 Å². The van der Waals surface area contributed by atoms with Gasteiger partial charge in [-0.3, -0.25) is 19.3 Å². The average molecular weight is 611 g/mol. The molecule has 1 saturated heterocycles. The molecule has 1 aromatic carbocycles. The molecule has 3 rings (SSSR count). The molecule has 2 N–H and O–H groups in total. The van der Waals surface area contributed by atoms with Crippen molar-refractivity contribution in [2.45, 2.75) is 32.5 Å². The van der Waals surface area contributed by atoms with Crippen LogP contribution in [0.25, 0.3) is 0 Å². The van der Waals surface area contributed by atoms with Crippen molar-refractivity contribution < 1.29 is 41.1 Å². The smallest absolute Gasteiger partial charge is 0.370 e. The van der Waals surface area contributed by atoms with Gasteiger partial charge in [-0.2, -0.15) is 13.2 Å². The number of carbonyl (C=O) groups excluding carboxylic acids is 3. The largest absolute Gasteiger partial charge is 0.401 e. The molecule has 1 aliphatic rings. The zero-order valence-electron chi connectivity index (χ0n) is 21.6. The molecule has 3 amide bonds. The Morgan fingerprint density at radius 3 is 2.50 bits per heavy atom. The number of hydrogen-bond donors (Lipinski definition) is 2. The van der Waals surface area contributed by atoms with Crippen LogP contribution in [0, 0.1) is 5.92 Å². The van der Waals surface area contributed by atoms with Crippen molar-refractivity contribution in [3.05, 3.63) is 45.1 Å². The maximum Gasteiger partial charge on any atom is 0.401 e. The Morgan fingerprint density at radius 1 is 1.20 bits per heavy atom. The van der Waals surface area contributed by atoms with Crippen LogP contribution in [0.5, 0.6) is 0 Å². The Balaban J connectivity index is 1.89. The fourth-order valence-corrected chi connectivity index (χ4v) is 5.08. The third-order valence-electron chi connectivity index (χ3n) is 5.80. The van der Waals surface area contributed by atoms with E-state index in [2.05, 4.69) is 10.6 Å². The molecule has 1 aliphatic heterocycles. The molecule has 15 heteroatoms. The number of halogens is 6. The molecular weight excluding hydrogens is 583 g/mol. The highest BCUT2D eigenvalue weighted by molar-refractivity contribution is 7.18. The number of alkyl halides is 5. The molecule has 0 unspecified atom stereocenters. The van der Waals surface area contributed by atoms with Gasteiger partial charge >= 0.3 is 6.18 Å². The van der Waals surface area contributed by atoms with Gasteiger partial charge in [0.25, 0.3) is 18.2 Å². The third-order valence-corrected chi connectivity index (χ3v) is 7.03. The number of carbonyl (C=O) groups is 3. The number of anilines is 2. The fourth-order valence-electron chi connectivity index (χ4n) is 4.12. The summed E-state index contributed by atoms with van der Waals surface area (Å²) in [6, 6.07) is 4.90. The standard InChI is InChI=1S/C25H28ClF5N4O4S/c1-14(2)11-34(13-25(29,30)31)18(10-32-24(38)19-5-6-20(26)40-19)23(37)33-17-4-3-15(9-16(17)22(27)28)35-7-8-39-12-21(35)36/h3-6,9,14,18,22H,7-8,10-13H2,1-2H3,(H,32,38)(H,33,37)/t18-/m0/s1. The zero-order chi connectivity index (χ0) is 29.6. The van der Waals surface area contributed by atoms with Gasteiger partial charge in [0.05, 0.1) is 22.4 Å². The van der Waals surface area contributed by atoms with Crippen LogP contribution < -0.4 is 15.5 Å². The molecule has 0 aliphatic carbocycles. The predicted octanol–water partition coefficient (Wildman–Crippen LogP) is 4.96. The lowest BCUT2D eigenvalue weighted by atomic mass is 10.1. The van der Waals surface area contributed by atoms with Crippen molar-refractivity contribution in [3.63, 3.8) is 0 Å². The molecular formula is C25H28ClF5N4O4S. The minimum Gasteiger partial charge on any atom is -0.370 e. The van der Waals surface area contributed by atoms with Crippen LogP contribution in [-0.4, -0.2) is 74.2 Å². The molecule has 8 nitrogen and oxygen atoms in total. The Morgan fingerprint density at radius 2 is 1.93 bits per heavy atom. The number of thiophene rings is 1. The van der Waals surface area contributed by atoms with E-state index < -0.39 is 55.0 Å². The third kappa shape index (κ3) is 8.85. The summed E-state index contributed by atoms with van der Waals surface area (Å²) >= 11 is 6.80. The molecule has 220 valence electrons. The van der Waals surface area contributed by atoms with Gasteiger partial charge < -0.3 is 20.3 Å². The predicted molar refractivity (Wildman–Crippen MR) is 141 cm³/mol. The van der Waals surface area contributed by atoms with E-state index in [1.165, 1.54) is 23.1 Å². The first-order valence-corrected chi connectivity index (χ1v) is 13.4. The summed E-state index contributed by atoms with van der Waals surface area (Å²) in [6.07, 6.45) is -7.76. The summed E-state index contributed by atoms with van der Waals surface area (Å²) in [7, 11) is 0. The molecule has 40 heavy (non-hydrogen) atoms. The van der Waals surface area contributed by atoms with Crippen LogP contribution in [-0.2, 0) is 14.3 Å². The van der Waals surface area contributed by atoms with Crippen molar-refractivity contribution in [3.8, 4) is 0 Å². The maximum absolute atomic E-state index is 14.0. The number of morpholine rings is 1. The summed E-state index contributed by atoms with van der Waals surface area (Å²) < 4.78 is 73.8. The number of ether oxygens (including phenoxy) is 1. The van der Waals surface area contributed by atoms with Gasteiger partial charge in [-0.05, 0) is 36.2 Å². The van der Waals surface area contributed by atoms with Crippen molar-refractivity contribution in [1.82, 2.24) is 10.2 Å². The van der Waals surface area contributed by atoms with E-state index >= 15 is 0 Å². The van der Waals surface area contributed by atoms with Gasteiger partial charge in [-0.25, -0.2) is 8.78 Å². The molecule has 0 saturated carbocycles. The first-order chi connectivity index (χ1) is 18.7. The summed E-state index contributed by atoms with van der Waals surface area (Å²) in [5.74, 6) is -2.40. The monoisotopic (exact) mass is 610 g/mol. The lowest BCUT2D eigenvalue weighted by Gasteiger charge is -2.33. The lowest BCUT2D eigenvalue weighted by Crippen LogP contribution is -2.54. The second-order valence-corrected chi connectivity index (χ2v) is 11.1. The summed E-state index contributed by atoms with van der Waals surface area (Å²) in [5.41, 5.74) is -0.784. The minimum absolute atomic E-state index is 0.145. The summed E-state index contributed by atoms with van der Waals surface area (Å²) in [6.45, 7) is 1.29. The number of nitrogens with one attached hydrogen (secondary N) is 2. The van der Waals surface area contributed by atoms with E-state index in [4.69, 9.17) is 16.3 Å². The molecule has 1 atom stereocenters. The number of benzene rings is 1. The van der Waals surface area contributed by atoms with Gasteiger partial charge in [0.15, 0.2) is 0 Å². The highest BCUT2D eigenvalue weighted by atomic mass is 35.5. The van der Waals surface area contributed by atoms with Crippen LogP contribution in [0.1, 0.15) is 35.5 Å². The normalized spacial score (nSPS) is 15.2. The van der Waals surface area contributed by atoms with Crippen molar-refractivity contribution in [2.75, 3.05) is 49.6 Å². The Bertz CT molecular complexity index is 1210. The Labute approximate surface area is 236 Å². The maximum atomic E-state index is 14.0. The van der Waals surface area contributed by atoms with E-state index in [9.17, 15) is 36.3 Å². The van der Waals surface area contributed by atoms with Gasteiger partial charge in [0.2, 0.25) is 5.91 Å². The molecule has 0 spiro atoms. The average Bonchev–Trinajstić information content (AvgIpc) is 3.29. The van der Waals surface area contributed by atoms with Crippen molar-refractivity contribution in [1.29, 1.82) is 0 Å². The molecule has 2 aromatic rings. The van der Waals surface area contributed by atoms with Crippen molar-refractivity contribution >= 4 is 52.0 Å². The van der Waals surface area contributed by atoms with Gasteiger partial charge in [-0.1, -0.05) is 25.4 Å². The van der Waals surface area contributed by atoms with Gasteiger partial charge in [-0.15, -0.1) is 11.3 Å². The van der Waals surface area contributed by atoms with Crippen LogP contribution in [0.15, 0.2) is 30.3 Å². The molecule has 1 aromatic heterocycles. The number of rotatable bonds is 11. The first-order valence-electron chi connectivity index (χ1n) is 12.2. The van der Waals surface area contributed by atoms with E-state index in [1.807, 2.05) is 0 Å². The lowest BCUT2D eigenvalue weighted by molar-refractivity contribution is -0.154. The molecule has 1 fully saturated rings. The second kappa shape index (κ2) is 13.7. The Kier molecular flexibility index (Phi) is 10.9. The fraction of sp³-hybridized carbons (Fsp3) is 0.480.